The second kappa shape index (κ2) is 7.65. The molecule has 0 bridgehead atoms. The Hall–Kier alpha value is -1.87. The normalized spacial score (nSPS) is 10.2. The first-order chi connectivity index (χ1) is 9.53. The monoisotopic (exact) mass is 303 g/mol. The summed E-state index contributed by atoms with van der Waals surface area (Å²) in [5.74, 6) is -0.839. The van der Waals surface area contributed by atoms with Gasteiger partial charge in [-0.05, 0) is 24.1 Å². The maximum atomic E-state index is 12.2. The number of alkyl halides is 3. The molecule has 20 heavy (non-hydrogen) atoms. The summed E-state index contributed by atoms with van der Waals surface area (Å²) in [7, 11) is 0. The van der Waals surface area contributed by atoms with Crippen LogP contribution in [0, 0.1) is 11.3 Å². The van der Waals surface area contributed by atoms with Gasteiger partial charge in [0, 0.05) is 5.88 Å². The van der Waals surface area contributed by atoms with Crippen molar-refractivity contribution in [3.63, 3.8) is 0 Å². The van der Waals surface area contributed by atoms with Gasteiger partial charge in [0.05, 0.1) is 18.6 Å². The predicted molar refractivity (Wildman–Crippen MR) is 67.7 cm³/mol. The van der Waals surface area contributed by atoms with E-state index in [0.717, 1.165) is 0 Å². The number of nitrogens with zero attached hydrogens (tertiary/aromatic N) is 1. The van der Waals surface area contributed by atoms with Gasteiger partial charge in [0.15, 0.2) is 0 Å². The molecule has 1 aromatic carbocycles. The van der Waals surface area contributed by atoms with E-state index in [0.29, 0.717) is 11.1 Å². The number of ether oxygens (including phenoxy) is 2. The van der Waals surface area contributed by atoms with Crippen molar-refractivity contribution in [2.45, 2.75) is 25.8 Å². The van der Waals surface area contributed by atoms with Crippen LogP contribution in [0.3, 0.4) is 0 Å². The second-order valence-electron chi connectivity index (χ2n) is 3.68. The third-order valence-corrected chi connectivity index (χ3v) is 2.74. The molecular formula is C13H12ClF2NO3. The average Bonchev–Trinajstić information content (AvgIpc) is 2.39. The predicted octanol–water partition coefficient (Wildman–Crippen LogP) is 3.00. The molecule has 1 rings (SSSR count). The van der Waals surface area contributed by atoms with Gasteiger partial charge in [-0.25, -0.2) is 0 Å². The summed E-state index contributed by atoms with van der Waals surface area (Å²) in [5.41, 5.74) is 0.652. The highest BCUT2D eigenvalue weighted by Gasteiger charge is 2.18. The topological polar surface area (TPSA) is 59.3 Å². The van der Waals surface area contributed by atoms with Gasteiger partial charge in [-0.1, -0.05) is 6.07 Å². The van der Waals surface area contributed by atoms with Gasteiger partial charge in [-0.3, -0.25) is 4.79 Å². The molecule has 0 aliphatic rings. The standard InChI is InChI=1S/C13H12ClF2NO3/c1-2-19-12(18)5-8-3-4-11(20-13(15)16)10(7-17)9(8)6-14/h3-4,13H,2,5-6H2,1H3. The number of hydrogen-bond donors (Lipinski definition) is 0. The molecule has 0 heterocycles. The van der Waals surface area contributed by atoms with E-state index in [4.69, 9.17) is 21.6 Å². The summed E-state index contributed by atoms with van der Waals surface area (Å²) < 4.78 is 33.5. The van der Waals surface area contributed by atoms with Crippen LogP contribution in [-0.4, -0.2) is 19.2 Å². The first-order valence-electron chi connectivity index (χ1n) is 5.74. The lowest BCUT2D eigenvalue weighted by Crippen LogP contribution is -2.11. The second-order valence-corrected chi connectivity index (χ2v) is 3.95. The number of esters is 1. The SMILES string of the molecule is CCOC(=O)Cc1ccc(OC(F)F)c(C#N)c1CCl. The van der Waals surface area contributed by atoms with E-state index in [1.807, 2.05) is 0 Å². The number of rotatable bonds is 6. The first kappa shape index (κ1) is 16.2. The highest BCUT2D eigenvalue weighted by molar-refractivity contribution is 6.17. The maximum absolute atomic E-state index is 12.2. The van der Waals surface area contributed by atoms with Crippen LogP contribution in [-0.2, 0) is 21.8 Å². The van der Waals surface area contributed by atoms with E-state index >= 15 is 0 Å². The molecule has 0 radical (unpaired) electrons. The lowest BCUT2D eigenvalue weighted by Gasteiger charge is -2.13. The average molecular weight is 304 g/mol. The van der Waals surface area contributed by atoms with Crippen LogP contribution in [0.25, 0.3) is 0 Å². The van der Waals surface area contributed by atoms with E-state index in [2.05, 4.69) is 4.74 Å². The Bertz CT molecular complexity index is 529. The molecule has 7 heteroatoms. The summed E-state index contributed by atoms with van der Waals surface area (Å²) in [6.45, 7) is -1.14. The molecule has 0 spiro atoms. The Morgan fingerprint density at radius 1 is 1.50 bits per heavy atom. The molecule has 0 saturated heterocycles. The maximum Gasteiger partial charge on any atom is 0.387 e. The summed E-state index contributed by atoms with van der Waals surface area (Å²) in [5, 5.41) is 9.06. The Morgan fingerprint density at radius 2 is 2.20 bits per heavy atom. The molecule has 0 aromatic heterocycles. The first-order valence-corrected chi connectivity index (χ1v) is 6.28. The van der Waals surface area contributed by atoms with Crippen LogP contribution in [0.15, 0.2) is 12.1 Å². The molecule has 0 fully saturated rings. The summed E-state index contributed by atoms with van der Waals surface area (Å²) >= 11 is 5.74. The molecule has 4 nitrogen and oxygen atoms in total. The number of nitriles is 1. The molecular weight excluding hydrogens is 292 g/mol. The van der Waals surface area contributed by atoms with E-state index in [1.54, 1.807) is 13.0 Å². The van der Waals surface area contributed by atoms with Crippen molar-refractivity contribution in [2.24, 2.45) is 0 Å². The van der Waals surface area contributed by atoms with Gasteiger partial charge < -0.3 is 9.47 Å². The molecule has 0 atom stereocenters. The zero-order valence-corrected chi connectivity index (χ0v) is 11.4. The van der Waals surface area contributed by atoms with Crippen molar-refractivity contribution >= 4 is 17.6 Å². The number of carbonyl (C=O) groups excluding carboxylic acids is 1. The van der Waals surface area contributed by atoms with Crippen molar-refractivity contribution in [1.82, 2.24) is 0 Å². The van der Waals surface area contributed by atoms with Crippen LogP contribution >= 0.6 is 11.6 Å². The van der Waals surface area contributed by atoms with E-state index < -0.39 is 12.6 Å². The highest BCUT2D eigenvalue weighted by atomic mass is 35.5. The molecule has 1 aromatic rings. The third kappa shape index (κ3) is 4.07. The number of hydrogen-bond acceptors (Lipinski definition) is 4. The van der Waals surface area contributed by atoms with Crippen LogP contribution in [0.4, 0.5) is 8.78 Å². The largest absolute Gasteiger partial charge is 0.466 e. The molecule has 0 N–H and O–H groups in total. The van der Waals surface area contributed by atoms with E-state index in [9.17, 15) is 13.6 Å². The van der Waals surface area contributed by atoms with Crippen molar-refractivity contribution in [1.29, 1.82) is 5.26 Å². The van der Waals surface area contributed by atoms with Crippen molar-refractivity contribution in [3.8, 4) is 11.8 Å². The van der Waals surface area contributed by atoms with Gasteiger partial charge in [0.2, 0.25) is 0 Å². The van der Waals surface area contributed by atoms with Gasteiger partial charge in [-0.2, -0.15) is 14.0 Å². The summed E-state index contributed by atoms with van der Waals surface area (Å²) in [4.78, 5) is 11.4. The Kier molecular flexibility index (Phi) is 6.19. The van der Waals surface area contributed by atoms with Gasteiger partial charge >= 0.3 is 12.6 Å². The Balaban J connectivity index is 3.15. The van der Waals surface area contributed by atoms with Gasteiger partial charge in [0.1, 0.15) is 11.8 Å². The van der Waals surface area contributed by atoms with Crippen molar-refractivity contribution in [2.75, 3.05) is 6.61 Å². The fourth-order valence-electron chi connectivity index (χ4n) is 1.67. The molecule has 0 aliphatic heterocycles. The number of carbonyl (C=O) groups is 1. The van der Waals surface area contributed by atoms with E-state index in [1.165, 1.54) is 12.1 Å². The lowest BCUT2D eigenvalue weighted by molar-refractivity contribution is -0.142. The summed E-state index contributed by atoms with van der Waals surface area (Å²) in [6, 6.07) is 4.41. The quantitative estimate of drug-likeness (QED) is 0.599. The van der Waals surface area contributed by atoms with Crippen LogP contribution in [0.1, 0.15) is 23.6 Å². The fourth-order valence-corrected chi connectivity index (χ4v) is 1.98. The smallest absolute Gasteiger partial charge is 0.387 e. The van der Waals surface area contributed by atoms with Crippen molar-refractivity contribution < 1.29 is 23.0 Å². The van der Waals surface area contributed by atoms with Crippen LogP contribution in [0.2, 0.25) is 0 Å². The zero-order valence-electron chi connectivity index (χ0n) is 10.7. The molecule has 108 valence electrons. The van der Waals surface area contributed by atoms with Gasteiger partial charge in [0.25, 0.3) is 0 Å². The Labute approximate surface area is 119 Å². The molecule has 0 unspecified atom stereocenters. The third-order valence-electron chi connectivity index (χ3n) is 2.47. The van der Waals surface area contributed by atoms with Crippen LogP contribution < -0.4 is 4.74 Å². The zero-order chi connectivity index (χ0) is 15.1. The minimum Gasteiger partial charge on any atom is -0.466 e. The van der Waals surface area contributed by atoms with E-state index in [-0.39, 0.29) is 30.2 Å². The number of halogens is 3. The number of benzene rings is 1. The molecule has 0 amide bonds. The summed E-state index contributed by atoms with van der Waals surface area (Å²) in [6.07, 6.45) is -0.0838. The van der Waals surface area contributed by atoms with Crippen molar-refractivity contribution in [3.05, 3.63) is 28.8 Å². The van der Waals surface area contributed by atoms with Crippen LogP contribution in [0.5, 0.6) is 5.75 Å². The minimum absolute atomic E-state index is 0.0838. The fraction of sp³-hybridized carbons (Fsp3) is 0.385. The Morgan fingerprint density at radius 3 is 2.70 bits per heavy atom. The van der Waals surface area contributed by atoms with Gasteiger partial charge in [-0.15, -0.1) is 11.6 Å². The minimum atomic E-state index is -3.04. The molecule has 0 saturated carbocycles. The highest BCUT2D eigenvalue weighted by Crippen LogP contribution is 2.28. The molecule has 0 aliphatic carbocycles. The lowest BCUT2D eigenvalue weighted by atomic mass is 9.99.